The summed E-state index contributed by atoms with van der Waals surface area (Å²) in [6.45, 7) is 6.43. The molecule has 31 heavy (non-hydrogen) atoms. The van der Waals surface area contributed by atoms with E-state index in [1.165, 1.54) is 5.56 Å². The normalized spacial score (nSPS) is 10.8. The lowest BCUT2D eigenvalue weighted by molar-refractivity contribution is -0.118. The molecule has 0 radical (unpaired) electrons. The number of hydrogen-bond acceptors (Lipinski definition) is 4. The summed E-state index contributed by atoms with van der Waals surface area (Å²) in [6, 6.07) is 19.2. The third kappa shape index (κ3) is 6.30. The first-order chi connectivity index (χ1) is 15.0. The minimum atomic E-state index is -0.231. The van der Waals surface area contributed by atoms with Gasteiger partial charge < -0.3 is 14.8 Å². The Kier molecular flexibility index (Phi) is 8.06. The van der Waals surface area contributed by atoms with Gasteiger partial charge >= 0.3 is 0 Å². The average Bonchev–Trinajstić information content (AvgIpc) is 2.75. The van der Waals surface area contributed by atoms with Crippen molar-refractivity contribution >= 4 is 46.1 Å². The summed E-state index contributed by atoms with van der Waals surface area (Å²) in [5.41, 5.74) is 4.93. The van der Waals surface area contributed by atoms with Gasteiger partial charge in [0.2, 0.25) is 0 Å². The lowest BCUT2D eigenvalue weighted by Gasteiger charge is -2.14. The zero-order valence-corrected chi connectivity index (χ0v) is 20.0. The van der Waals surface area contributed by atoms with Crippen LogP contribution in [0.25, 0.3) is 0 Å². The summed E-state index contributed by atoms with van der Waals surface area (Å²) < 4.78 is 12.4. The van der Waals surface area contributed by atoms with E-state index in [-0.39, 0.29) is 12.5 Å². The standard InChI is InChI=1S/C25H25IN2O3/c1-4-30-23-14-19(15-27-22-12-8-9-17(2)18(22)3)13-21(26)25(23)31-16-24(29)28-20-10-6-5-7-11-20/h5-15H,4,16H2,1-3H3,(H,28,29). The maximum absolute atomic E-state index is 12.3. The molecule has 0 aromatic heterocycles. The van der Waals surface area contributed by atoms with E-state index in [1.54, 1.807) is 0 Å². The number of amides is 1. The number of ether oxygens (including phenoxy) is 2. The molecular formula is C25H25IN2O3. The molecule has 160 valence electrons. The topological polar surface area (TPSA) is 59.9 Å². The Labute approximate surface area is 196 Å². The first-order valence-electron chi connectivity index (χ1n) is 10.0. The third-order valence-electron chi connectivity index (χ3n) is 4.67. The summed E-state index contributed by atoms with van der Waals surface area (Å²) >= 11 is 2.19. The van der Waals surface area contributed by atoms with E-state index in [0.29, 0.717) is 18.1 Å². The molecule has 0 fully saturated rings. The van der Waals surface area contributed by atoms with Crippen LogP contribution in [-0.2, 0) is 4.79 Å². The molecule has 0 aliphatic rings. The fraction of sp³-hybridized carbons (Fsp3) is 0.200. The summed E-state index contributed by atoms with van der Waals surface area (Å²) in [5, 5.41) is 2.81. The Bertz CT molecular complexity index is 1080. The summed E-state index contributed by atoms with van der Waals surface area (Å²) in [4.78, 5) is 16.9. The molecule has 0 unspecified atom stereocenters. The number of benzene rings is 3. The number of anilines is 1. The highest BCUT2D eigenvalue weighted by atomic mass is 127. The van der Waals surface area contributed by atoms with Gasteiger partial charge in [0.15, 0.2) is 18.1 Å². The van der Waals surface area contributed by atoms with Crippen LogP contribution in [0.5, 0.6) is 11.5 Å². The van der Waals surface area contributed by atoms with E-state index in [1.807, 2.05) is 67.7 Å². The lowest BCUT2D eigenvalue weighted by atomic mass is 10.1. The second-order valence-electron chi connectivity index (χ2n) is 6.94. The van der Waals surface area contributed by atoms with Crippen molar-refractivity contribution in [2.24, 2.45) is 4.99 Å². The molecule has 3 aromatic rings. The highest BCUT2D eigenvalue weighted by molar-refractivity contribution is 14.1. The molecule has 3 aromatic carbocycles. The van der Waals surface area contributed by atoms with E-state index in [9.17, 15) is 4.79 Å². The van der Waals surface area contributed by atoms with Crippen LogP contribution in [0.2, 0.25) is 0 Å². The monoisotopic (exact) mass is 528 g/mol. The Balaban J connectivity index is 1.76. The molecule has 1 N–H and O–H groups in total. The number of para-hydroxylation sites is 1. The summed E-state index contributed by atoms with van der Waals surface area (Å²) in [7, 11) is 0. The number of aliphatic imine (C=N–C) groups is 1. The zero-order chi connectivity index (χ0) is 22.2. The molecule has 0 atom stereocenters. The largest absolute Gasteiger partial charge is 0.490 e. The second kappa shape index (κ2) is 10.9. The minimum Gasteiger partial charge on any atom is -0.490 e. The van der Waals surface area contributed by atoms with Crippen LogP contribution in [0, 0.1) is 17.4 Å². The highest BCUT2D eigenvalue weighted by Gasteiger charge is 2.14. The van der Waals surface area contributed by atoms with Crippen LogP contribution in [-0.4, -0.2) is 25.3 Å². The Morgan fingerprint density at radius 1 is 1.06 bits per heavy atom. The second-order valence-corrected chi connectivity index (χ2v) is 8.11. The van der Waals surface area contributed by atoms with E-state index >= 15 is 0 Å². The van der Waals surface area contributed by atoms with Crippen molar-refractivity contribution in [3.05, 3.63) is 80.9 Å². The molecular weight excluding hydrogens is 503 g/mol. The molecule has 0 aliphatic heterocycles. The Hall–Kier alpha value is -2.87. The van der Waals surface area contributed by atoms with Crippen molar-refractivity contribution in [2.45, 2.75) is 20.8 Å². The Morgan fingerprint density at radius 3 is 2.58 bits per heavy atom. The molecule has 5 nitrogen and oxygen atoms in total. The van der Waals surface area contributed by atoms with Gasteiger partial charge in [-0.1, -0.05) is 30.3 Å². The zero-order valence-electron chi connectivity index (χ0n) is 17.8. The summed E-state index contributed by atoms with van der Waals surface area (Å²) in [5.74, 6) is 0.906. The molecule has 0 spiro atoms. The maximum Gasteiger partial charge on any atom is 0.262 e. The number of hydrogen-bond donors (Lipinski definition) is 1. The van der Waals surface area contributed by atoms with Crippen LogP contribution in [0.4, 0.5) is 11.4 Å². The smallest absolute Gasteiger partial charge is 0.262 e. The number of carbonyl (C=O) groups excluding carboxylic acids is 1. The van der Waals surface area contributed by atoms with E-state index in [2.05, 4.69) is 52.8 Å². The van der Waals surface area contributed by atoms with Gasteiger partial charge in [-0.15, -0.1) is 0 Å². The highest BCUT2D eigenvalue weighted by Crippen LogP contribution is 2.34. The molecule has 1 amide bonds. The van der Waals surface area contributed by atoms with Gasteiger partial charge in [0.1, 0.15) is 0 Å². The van der Waals surface area contributed by atoms with Crippen LogP contribution in [0.15, 0.2) is 65.7 Å². The molecule has 0 bridgehead atoms. The van der Waals surface area contributed by atoms with E-state index in [4.69, 9.17) is 9.47 Å². The van der Waals surface area contributed by atoms with Gasteiger partial charge in [0.25, 0.3) is 5.91 Å². The van der Waals surface area contributed by atoms with Gasteiger partial charge in [-0.2, -0.15) is 0 Å². The number of aryl methyl sites for hydroxylation is 1. The van der Waals surface area contributed by atoms with Crippen molar-refractivity contribution in [2.75, 3.05) is 18.5 Å². The predicted octanol–water partition coefficient (Wildman–Crippen LogP) is 6.07. The fourth-order valence-electron chi connectivity index (χ4n) is 2.94. The molecule has 0 aliphatic carbocycles. The number of carbonyl (C=O) groups is 1. The van der Waals surface area contributed by atoms with E-state index in [0.717, 1.165) is 26.1 Å². The van der Waals surface area contributed by atoms with Gasteiger partial charge in [-0.25, -0.2) is 0 Å². The number of halogens is 1. The average molecular weight is 528 g/mol. The minimum absolute atomic E-state index is 0.110. The van der Waals surface area contributed by atoms with Crippen LogP contribution >= 0.6 is 22.6 Å². The lowest BCUT2D eigenvalue weighted by Crippen LogP contribution is -2.20. The van der Waals surface area contributed by atoms with E-state index < -0.39 is 0 Å². The fourth-order valence-corrected chi connectivity index (χ4v) is 3.72. The molecule has 6 heteroatoms. The maximum atomic E-state index is 12.3. The van der Waals surface area contributed by atoms with Crippen LogP contribution in [0.3, 0.4) is 0 Å². The molecule has 0 heterocycles. The SMILES string of the molecule is CCOc1cc(C=Nc2cccc(C)c2C)cc(I)c1OCC(=O)Nc1ccccc1. The van der Waals surface area contributed by atoms with Gasteiger partial charge in [0.05, 0.1) is 15.9 Å². The quantitative estimate of drug-likeness (QED) is 0.285. The van der Waals surface area contributed by atoms with Gasteiger partial charge in [-0.05, 0) is 90.4 Å². The first-order valence-corrected chi connectivity index (χ1v) is 11.1. The van der Waals surface area contributed by atoms with Crippen molar-refractivity contribution < 1.29 is 14.3 Å². The molecule has 3 rings (SSSR count). The summed E-state index contributed by atoms with van der Waals surface area (Å²) in [6.07, 6.45) is 1.82. The predicted molar refractivity (Wildman–Crippen MR) is 134 cm³/mol. The molecule has 0 saturated heterocycles. The van der Waals surface area contributed by atoms with Crippen molar-refractivity contribution in [1.29, 1.82) is 0 Å². The van der Waals surface area contributed by atoms with Gasteiger partial charge in [0, 0.05) is 11.9 Å². The number of nitrogens with zero attached hydrogens (tertiary/aromatic N) is 1. The van der Waals surface area contributed by atoms with Crippen molar-refractivity contribution in [3.63, 3.8) is 0 Å². The third-order valence-corrected chi connectivity index (χ3v) is 5.47. The van der Waals surface area contributed by atoms with Crippen molar-refractivity contribution in [3.8, 4) is 11.5 Å². The van der Waals surface area contributed by atoms with Crippen molar-refractivity contribution in [1.82, 2.24) is 0 Å². The number of rotatable bonds is 8. The van der Waals surface area contributed by atoms with Gasteiger partial charge in [-0.3, -0.25) is 9.79 Å². The number of nitrogens with one attached hydrogen (secondary N) is 1. The molecule has 0 saturated carbocycles. The first kappa shape index (κ1) is 22.8. The van der Waals surface area contributed by atoms with Crippen LogP contribution in [0.1, 0.15) is 23.6 Å². The Morgan fingerprint density at radius 2 is 1.84 bits per heavy atom. The van der Waals surface area contributed by atoms with Crippen LogP contribution < -0.4 is 14.8 Å².